The monoisotopic (exact) mass is 264 g/mol. The van der Waals surface area contributed by atoms with Gasteiger partial charge in [0.15, 0.2) is 0 Å². The second-order valence-corrected chi connectivity index (χ2v) is 5.05. The van der Waals surface area contributed by atoms with Crippen LogP contribution in [0.2, 0.25) is 0 Å². The van der Waals surface area contributed by atoms with Crippen LogP contribution in [0.3, 0.4) is 0 Å². The van der Waals surface area contributed by atoms with Gasteiger partial charge in [-0.25, -0.2) is 4.79 Å². The van der Waals surface area contributed by atoms with Gasteiger partial charge >= 0.3 is 5.97 Å². The number of hydrogen-bond donors (Lipinski definition) is 3. The minimum atomic E-state index is -1.01. The first-order valence-corrected chi connectivity index (χ1v) is 6.55. The fourth-order valence-electron chi connectivity index (χ4n) is 2.65. The van der Waals surface area contributed by atoms with E-state index in [1.165, 1.54) is 0 Å². The molecule has 1 saturated heterocycles. The number of nitrogens with two attached hydrogens (primary N) is 1. The van der Waals surface area contributed by atoms with E-state index in [4.69, 9.17) is 5.73 Å². The molecule has 1 aromatic carbocycles. The number of benzene rings is 1. The molecule has 0 spiro atoms. The molecule has 1 unspecified atom stereocenters. The van der Waals surface area contributed by atoms with Crippen molar-refractivity contribution in [2.75, 3.05) is 23.8 Å². The molecular formula is C14H20N2O3. The predicted octanol–water partition coefficient (Wildman–Crippen LogP) is 1.63. The molecule has 1 heterocycles. The number of anilines is 2. The first kappa shape index (κ1) is 13.7. The van der Waals surface area contributed by atoms with Gasteiger partial charge in [0, 0.05) is 17.9 Å². The van der Waals surface area contributed by atoms with E-state index in [1.807, 2.05) is 13.0 Å². The first-order chi connectivity index (χ1) is 9.04. The fraction of sp³-hybridized carbons (Fsp3) is 0.500. The molecule has 1 aromatic rings. The van der Waals surface area contributed by atoms with Gasteiger partial charge in [-0.1, -0.05) is 0 Å². The zero-order valence-corrected chi connectivity index (χ0v) is 11.1. The lowest BCUT2D eigenvalue weighted by molar-refractivity contribution is 0.0698. The van der Waals surface area contributed by atoms with E-state index in [9.17, 15) is 15.0 Å². The van der Waals surface area contributed by atoms with E-state index in [1.54, 1.807) is 6.07 Å². The van der Waals surface area contributed by atoms with Crippen LogP contribution in [0.1, 0.15) is 35.2 Å². The van der Waals surface area contributed by atoms with E-state index in [0.717, 1.165) is 37.1 Å². The maximum Gasteiger partial charge on any atom is 0.337 e. The van der Waals surface area contributed by atoms with Crippen molar-refractivity contribution in [2.24, 2.45) is 0 Å². The zero-order chi connectivity index (χ0) is 14.0. The summed E-state index contributed by atoms with van der Waals surface area (Å²) in [5.41, 5.74) is 7.85. The number of rotatable bonds is 3. The highest BCUT2D eigenvalue weighted by atomic mass is 16.4. The molecule has 0 radical (unpaired) electrons. The van der Waals surface area contributed by atoms with Crippen molar-refractivity contribution in [1.29, 1.82) is 0 Å². The van der Waals surface area contributed by atoms with E-state index in [-0.39, 0.29) is 18.2 Å². The Kier molecular flexibility index (Phi) is 3.95. The van der Waals surface area contributed by atoms with Crippen LogP contribution in [0.25, 0.3) is 0 Å². The zero-order valence-electron chi connectivity index (χ0n) is 11.1. The van der Waals surface area contributed by atoms with Crippen molar-refractivity contribution in [2.45, 2.75) is 32.2 Å². The van der Waals surface area contributed by atoms with Crippen LogP contribution in [0.5, 0.6) is 0 Å². The SMILES string of the molecule is Cc1cc(N2CCCCC2CO)cc(C(=O)O)c1N. The van der Waals surface area contributed by atoms with Gasteiger partial charge in [-0.05, 0) is 43.9 Å². The van der Waals surface area contributed by atoms with Gasteiger partial charge in [0.25, 0.3) is 0 Å². The maximum atomic E-state index is 11.2. The molecule has 5 heteroatoms. The number of hydrogen-bond acceptors (Lipinski definition) is 4. The number of nitrogens with zero attached hydrogens (tertiary/aromatic N) is 1. The number of carboxylic acid groups (broad SMARTS) is 1. The molecule has 0 amide bonds. The van der Waals surface area contributed by atoms with Crippen molar-refractivity contribution in [3.05, 3.63) is 23.3 Å². The van der Waals surface area contributed by atoms with Crippen molar-refractivity contribution in [3.63, 3.8) is 0 Å². The summed E-state index contributed by atoms with van der Waals surface area (Å²) in [4.78, 5) is 13.3. The maximum absolute atomic E-state index is 11.2. The molecule has 5 nitrogen and oxygen atoms in total. The van der Waals surface area contributed by atoms with Crippen molar-refractivity contribution in [3.8, 4) is 0 Å². The Bertz CT molecular complexity index is 488. The average molecular weight is 264 g/mol. The molecular weight excluding hydrogens is 244 g/mol. The summed E-state index contributed by atoms with van der Waals surface area (Å²) >= 11 is 0. The lowest BCUT2D eigenvalue weighted by Gasteiger charge is -2.37. The number of aromatic carboxylic acids is 1. The molecule has 0 aromatic heterocycles. The Morgan fingerprint density at radius 2 is 2.21 bits per heavy atom. The topological polar surface area (TPSA) is 86.8 Å². The standard InChI is InChI=1S/C14H20N2O3/c1-9-6-11(7-12(13(9)15)14(18)19)16-5-3-2-4-10(16)8-17/h6-7,10,17H,2-5,8,15H2,1H3,(H,18,19). The lowest BCUT2D eigenvalue weighted by Crippen LogP contribution is -2.42. The summed E-state index contributed by atoms with van der Waals surface area (Å²) in [7, 11) is 0. The van der Waals surface area contributed by atoms with E-state index in [0.29, 0.717) is 5.69 Å². The second kappa shape index (κ2) is 5.48. The first-order valence-electron chi connectivity index (χ1n) is 6.55. The summed E-state index contributed by atoms with van der Waals surface area (Å²) in [6.45, 7) is 2.74. The minimum absolute atomic E-state index is 0.0680. The summed E-state index contributed by atoms with van der Waals surface area (Å²) in [6.07, 6.45) is 3.09. The molecule has 0 saturated carbocycles. The van der Waals surface area contributed by atoms with Crippen molar-refractivity contribution >= 4 is 17.3 Å². The van der Waals surface area contributed by atoms with Crippen LogP contribution in [0.15, 0.2) is 12.1 Å². The molecule has 0 aliphatic carbocycles. The number of nitrogen functional groups attached to an aromatic ring is 1. The molecule has 2 rings (SSSR count). The van der Waals surface area contributed by atoms with Gasteiger partial charge < -0.3 is 20.8 Å². The largest absolute Gasteiger partial charge is 0.478 e. The van der Waals surface area contributed by atoms with Crippen molar-refractivity contribution < 1.29 is 15.0 Å². The van der Waals surface area contributed by atoms with E-state index < -0.39 is 5.97 Å². The highest BCUT2D eigenvalue weighted by Gasteiger charge is 2.23. The Morgan fingerprint density at radius 3 is 2.84 bits per heavy atom. The minimum Gasteiger partial charge on any atom is -0.478 e. The second-order valence-electron chi connectivity index (χ2n) is 5.05. The van der Waals surface area contributed by atoms with Gasteiger partial charge in [-0.3, -0.25) is 0 Å². The fourth-order valence-corrected chi connectivity index (χ4v) is 2.65. The Morgan fingerprint density at radius 1 is 1.47 bits per heavy atom. The summed E-state index contributed by atoms with van der Waals surface area (Å²) < 4.78 is 0. The van der Waals surface area contributed by atoms with Crippen LogP contribution in [0, 0.1) is 6.92 Å². The highest BCUT2D eigenvalue weighted by molar-refractivity contribution is 5.95. The number of aliphatic hydroxyl groups is 1. The van der Waals surface area contributed by atoms with Gasteiger partial charge in [-0.15, -0.1) is 0 Å². The van der Waals surface area contributed by atoms with Crippen LogP contribution < -0.4 is 10.6 Å². The number of carbonyl (C=O) groups is 1. The third-order valence-corrected chi connectivity index (χ3v) is 3.77. The summed E-state index contributed by atoms with van der Waals surface area (Å²) in [5, 5.41) is 18.6. The molecule has 0 bridgehead atoms. The third-order valence-electron chi connectivity index (χ3n) is 3.77. The van der Waals surface area contributed by atoms with E-state index in [2.05, 4.69) is 4.90 Å². The summed E-state index contributed by atoms with van der Waals surface area (Å²) in [6, 6.07) is 3.58. The van der Waals surface area contributed by atoms with Gasteiger partial charge in [0.2, 0.25) is 0 Å². The number of aliphatic hydroxyl groups excluding tert-OH is 1. The van der Waals surface area contributed by atoms with Crippen LogP contribution >= 0.6 is 0 Å². The number of piperidine rings is 1. The smallest absolute Gasteiger partial charge is 0.337 e. The average Bonchev–Trinajstić information content (AvgIpc) is 2.41. The van der Waals surface area contributed by atoms with Crippen LogP contribution in [0.4, 0.5) is 11.4 Å². The number of carboxylic acids is 1. The quantitative estimate of drug-likeness (QED) is 0.722. The van der Waals surface area contributed by atoms with E-state index >= 15 is 0 Å². The number of aryl methyl sites for hydroxylation is 1. The molecule has 1 fully saturated rings. The molecule has 1 atom stereocenters. The van der Waals surface area contributed by atoms with Gasteiger partial charge in [-0.2, -0.15) is 0 Å². The van der Waals surface area contributed by atoms with Crippen molar-refractivity contribution in [1.82, 2.24) is 0 Å². The third kappa shape index (κ3) is 2.66. The Balaban J connectivity index is 2.41. The van der Waals surface area contributed by atoms with Crippen LogP contribution in [-0.2, 0) is 0 Å². The van der Waals surface area contributed by atoms with Crippen LogP contribution in [-0.4, -0.2) is 35.4 Å². The lowest BCUT2D eigenvalue weighted by atomic mass is 9.99. The van der Waals surface area contributed by atoms with Gasteiger partial charge in [0.1, 0.15) is 0 Å². The predicted molar refractivity (Wildman–Crippen MR) is 74.6 cm³/mol. The molecule has 104 valence electrons. The molecule has 1 aliphatic rings. The normalized spacial score (nSPS) is 19.5. The Hall–Kier alpha value is -1.75. The summed E-state index contributed by atoms with van der Waals surface area (Å²) in [5.74, 6) is -1.01. The Labute approximate surface area is 112 Å². The molecule has 4 N–H and O–H groups in total. The molecule has 19 heavy (non-hydrogen) atoms. The highest BCUT2D eigenvalue weighted by Crippen LogP contribution is 2.30. The van der Waals surface area contributed by atoms with Gasteiger partial charge in [0.05, 0.1) is 18.2 Å². The molecule has 1 aliphatic heterocycles.